The van der Waals surface area contributed by atoms with Gasteiger partial charge in [0.25, 0.3) is 5.69 Å². The van der Waals surface area contributed by atoms with Crippen LogP contribution in [0.3, 0.4) is 0 Å². The fourth-order valence-corrected chi connectivity index (χ4v) is 3.30. The summed E-state index contributed by atoms with van der Waals surface area (Å²) >= 11 is 5.75. The lowest BCUT2D eigenvalue weighted by Gasteiger charge is -2.37. The summed E-state index contributed by atoms with van der Waals surface area (Å²) in [6, 6.07) is 8.12. The summed E-state index contributed by atoms with van der Waals surface area (Å²) in [7, 11) is 0. The Kier molecular flexibility index (Phi) is 5.05. The van der Waals surface area contributed by atoms with Crippen LogP contribution in [0.25, 0.3) is 0 Å². The van der Waals surface area contributed by atoms with Crippen LogP contribution in [-0.4, -0.2) is 36.2 Å². The number of nitrogens with zero attached hydrogens (tertiary/aromatic N) is 3. The average Bonchev–Trinajstić information content (AvgIpc) is 2.61. The largest absolute Gasteiger partial charge is 0.508 e. The van der Waals surface area contributed by atoms with Gasteiger partial charge in [-0.25, -0.2) is 0 Å². The zero-order chi connectivity index (χ0) is 19.8. The van der Waals surface area contributed by atoms with Gasteiger partial charge in [-0.2, -0.15) is 13.2 Å². The van der Waals surface area contributed by atoms with Crippen molar-refractivity contribution in [2.75, 3.05) is 36.0 Å². The highest BCUT2D eigenvalue weighted by molar-refractivity contribution is 6.31. The number of rotatable bonds is 3. The van der Waals surface area contributed by atoms with E-state index in [1.807, 2.05) is 4.90 Å². The van der Waals surface area contributed by atoms with E-state index >= 15 is 0 Å². The quantitative estimate of drug-likeness (QED) is 0.613. The number of benzene rings is 2. The number of piperazine rings is 1. The Bertz CT molecular complexity index is 851. The van der Waals surface area contributed by atoms with Crippen molar-refractivity contribution in [2.24, 2.45) is 0 Å². The number of nitro groups is 1. The summed E-state index contributed by atoms with van der Waals surface area (Å²) in [5, 5.41) is 20.1. The van der Waals surface area contributed by atoms with Crippen LogP contribution in [0.15, 0.2) is 36.4 Å². The van der Waals surface area contributed by atoms with Crippen LogP contribution in [0.2, 0.25) is 5.02 Å². The van der Waals surface area contributed by atoms with Crippen molar-refractivity contribution in [1.29, 1.82) is 0 Å². The predicted octanol–water partition coefficient (Wildman–Crippen LogP) is 4.30. The lowest BCUT2D eigenvalue weighted by molar-refractivity contribution is -0.384. The highest BCUT2D eigenvalue weighted by Gasteiger charge is 2.37. The molecule has 0 bridgehead atoms. The highest BCUT2D eigenvalue weighted by Crippen LogP contribution is 2.41. The lowest BCUT2D eigenvalue weighted by Crippen LogP contribution is -2.46. The van der Waals surface area contributed by atoms with Crippen molar-refractivity contribution in [2.45, 2.75) is 6.18 Å². The zero-order valence-corrected chi connectivity index (χ0v) is 14.7. The van der Waals surface area contributed by atoms with Crippen molar-refractivity contribution in [3.8, 4) is 5.75 Å². The lowest BCUT2D eigenvalue weighted by atomic mass is 10.1. The van der Waals surface area contributed by atoms with Crippen molar-refractivity contribution in [1.82, 2.24) is 0 Å². The van der Waals surface area contributed by atoms with Gasteiger partial charge in [-0.1, -0.05) is 11.6 Å². The maximum Gasteiger partial charge on any atom is 0.418 e. The molecule has 2 aromatic carbocycles. The molecule has 27 heavy (non-hydrogen) atoms. The van der Waals surface area contributed by atoms with Crippen LogP contribution in [0.1, 0.15) is 5.56 Å². The molecular weight excluding hydrogens is 387 g/mol. The predicted molar refractivity (Wildman–Crippen MR) is 95.6 cm³/mol. The summed E-state index contributed by atoms with van der Waals surface area (Å²) in [4.78, 5) is 14.2. The fourth-order valence-electron chi connectivity index (χ4n) is 3.04. The van der Waals surface area contributed by atoms with Crippen LogP contribution in [0.4, 0.5) is 30.2 Å². The Hall–Kier alpha value is -2.68. The molecule has 0 amide bonds. The van der Waals surface area contributed by atoms with Gasteiger partial charge in [0, 0.05) is 37.9 Å². The SMILES string of the molecule is O=[N+]([O-])c1cc(C(F)(F)F)c(Cl)cc1N1CCN(c2ccc(O)cc2)CC1. The molecule has 1 aliphatic heterocycles. The van der Waals surface area contributed by atoms with Crippen molar-refractivity contribution in [3.63, 3.8) is 0 Å². The Morgan fingerprint density at radius 1 is 1.04 bits per heavy atom. The first kappa shape index (κ1) is 19.1. The molecule has 1 fully saturated rings. The van der Waals surface area contributed by atoms with E-state index in [0.29, 0.717) is 32.2 Å². The molecule has 3 rings (SSSR count). The number of hydrogen-bond acceptors (Lipinski definition) is 5. The third-order valence-corrected chi connectivity index (χ3v) is 4.71. The average molecular weight is 402 g/mol. The Morgan fingerprint density at radius 2 is 1.59 bits per heavy atom. The topological polar surface area (TPSA) is 69.9 Å². The summed E-state index contributed by atoms with van der Waals surface area (Å²) in [5.41, 5.74) is -0.886. The van der Waals surface area contributed by atoms with Gasteiger partial charge in [0.2, 0.25) is 0 Å². The molecule has 1 N–H and O–H groups in total. The van der Waals surface area contributed by atoms with E-state index < -0.39 is 27.4 Å². The van der Waals surface area contributed by atoms with Crippen LogP contribution in [-0.2, 0) is 6.18 Å². The number of phenols is 1. The second-order valence-corrected chi connectivity index (χ2v) is 6.47. The van der Waals surface area contributed by atoms with E-state index in [9.17, 15) is 28.4 Å². The van der Waals surface area contributed by atoms with E-state index in [4.69, 9.17) is 11.6 Å². The minimum absolute atomic E-state index is 0.0726. The Balaban J connectivity index is 1.84. The van der Waals surface area contributed by atoms with Crippen LogP contribution < -0.4 is 9.80 Å². The van der Waals surface area contributed by atoms with Crippen molar-refractivity contribution in [3.05, 3.63) is 57.1 Å². The molecule has 6 nitrogen and oxygen atoms in total. The normalized spacial score (nSPS) is 15.1. The molecule has 0 saturated carbocycles. The molecule has 0 aliphatic carbocycles. The number of hydrogen-bond donors (Lipinski definition) is 1. The van der Waals surface area contributed by atoms with E-state index in [1.165, 1.54) is 0 Å². The second-order valence-electron chi connectivity index (χ2n) is 6.07. The Labute approximate surface area is 157 Å². The minimum Gasteiger partial charge on any atom is -0.508 e. The molecule has 0 radical (unpaired) electrons. The Morgan fingerprint density at radius 3 is 2.11 bits per heavy atom. The first-order valence-electron chi connectivity index (χ1n) is 8.01. The summed E-state index contributed by atoms with van der Waals surface area (Å²) < 4.78 is 39.0. The molecule has 0 spiro atoms. The van der Waals surface area contributed by atoms with Gasteiger partial charge in [0.05, 0.1) is 15.5 Å². The molecule has 144 valence electrons. The number of halogens is 4. The molecule has 1 aliphatic rings. The van der Waals surface area contributed by atoms with Gasteiger partial charge in [-0.05, 0) is 30.3 Å². The minimum atomic E-state index is -4.77. The molecule has 2 aromatic rings. The number of phenolic OH excluding ortho intramolecular Hbond substituents is 1. The molecule has 0 atom stereocenters. The van der Waals surface area contributed by atoms with Gasteiger partial charge in [0.15, 0.2) is 0 Å². The zero-order valence-electron chi connectivity index (χ0n) is 13.9. The van der Waals surface area contributed by atoms with Gasteiger partial charge in [-0.3, -0.25) is 10.1 Å². The molecule has 0 unspecified atom stereocenters. The number of nitro benzene ring substituents is 1. The van der Waals surface area contributed by atoms with E-state index in [2.05, 4.69) is 0 Å². The van der Waals surface area contributed by atoms with Crippen LogP contribution in [0, 0.1) is 10.1 Å². The maximum absolute atomic E-state index is 13.0. The number of aromatic hydroxyl groups is 1. The van der Waals surface area contributed by atoms with Gasteiger partial charge in [0.1, 0.15) is 11.4 Å². The molecule has 10 heteroatoms. The van der Waals surface area contributed by atoms with Gasteiger partial charge in [-0.15, -0.1) is 0 Å². The van der Waals surface area contributed by atoms with Crippen LogP contribution >= 0.6 is 11.6 Å². The second kappa shape index (κ2) is 7.15. The first-order chi connectivity index (χ1) is 12.7. The highest BCUT2D eigenvalue weighted by atomic mass is 35.5. The summed E-state index contributed by atoms with van der Waals surface area (Å²) in [6.07, 6.45) is -4.77. The van der Waals surface area contributed by atoms with Crippen molar-refractivity contribution >= 4 is 28.7 Å². The third kappa shape index (κ3) is 4.02. The monoisotopic (exact) mass is 401 g/mol. The smallest absolute Gasteiger partial charge is 0.418 e. The third-order valence-electron chi connectivity index (χ3n) is 4.40. The molecule has 1 heterocycles. The fraction of sp³-hybridized carbons (Fsp3) is 0.294. The first-order valence-corrected chi connectivity index (χ1v) is 8.38. The van der Waals surface area contributed by atoms with E-state index in [-0.39, 0.29) is 11.4 Å². The maximum atomic E-state index is 13.0. The molecular formula is C17H15ClF3N3O3. The van der Waals surface area contributed by atoms with Gasteiger partial charge >= 0.3 is 6.18 Å². The number of anilines is 2. The van der Waals surface area contributed by atoms with E-state index in [1.54, 1.807) is 29.2 Å². The summed E-state index contributed by atoms with van der Waals surface area (Å²) in [6.45, 7) is 1.79. The van der Waals surface area contributed by atoms with E-state index in [0.717, 1.165) is 11.8 Å². The molecule has 1 saturated heterocycles. The number of alkyl halides is 3. The molecule has 0 aromatic heterocycles. The van der Waals surface area contributed by atoms with Crippen LogP contribution in [0.5, 0.6) is 5.75 Å². The van der Waals surface area contributed by atoms with Gasteiger partial charge < -0.3 is 14.9 Å². The standard InChI is InChI=1S/C17H15ClF3N3O3/c18-14-10-15(16(24(26)27)9-13(14)17(19,20)21)23-7-5-22(6-8-23)11-1-3-12(25)4-2-11/h1-4,9-10,25H,5-8H2. The summed E-state index contributed by atoms with van der Waals surface area (Å²) in [5.74, 6) is 0.146. The van der Waals surface area contributed by atoms with Crippen molar-refractivity contribution < 1.29 is 23.2 Å².